The Hall–Kier alpha value is -0.970. The molecule has 1 atom stereocenters. The van der Waals surface area contributed by atoms with Gasteiger partial charge in [0.25, 0.3) is 5.91 Å². The second-order valence-corrected chi connectivity index (χ2v) is 4.97. The molecule has 1 aliphatic rings. The Balaban J connectivity index is 0.00000180. The molecule has 1 aromatic carbocycles. The highest BCUT2D eigenvalue weighted by Gasteiger charge is 2.21. The van der Waals surface area contributed by atoms with Gasteiger partial charge < -0.3 is 15.4 Å². The van der Waals surface area contributed by atoms with Gasteiger partial charge in [-0.2, -0.15) is 0 Å². The molecule has 1 aromatic rings. The van der Waals surface area contributed by atoms with Crippen molar-refractivity contribution in [1.82, 2.24) is 4.90 Å². The predicted octanol–water partition coefficient (Wildman–Crippen LogP) is 2.60. The van der Waals surface area contributed by atoms with E-state index in [9.17, 15) is 4.79 Å². The highest BCUT2D eigenvalue weighted by atomic mass is 35.5. The van der Waals surface area contributed by atoms with Gasteiger partial charge in [-0.3, -0.25) is 4.79 Å². The monoisotopic (exact) mass is 304 g/mol. The van der Waals surface area contributed by atoms with Crippen LogP contribution in [0, 0.1) is 0 Å². The summed E-state index contributed by atoms with van der Waals surface area (Å²) in [4.78, 5) is 13.9. The number of benzene rings is 1. The number of carbonyl (C=O) groups excluding carboxylic acids is 1. The van der Waals surface area contributed by atoms with Gasteiger partial charge in [0.2, 0.25) is 0 Å². The molecule has 6 heteroatoms. The molecule has 4 nitrogen and oxygen atoms in total. The smallest absolute Gasteiger partial charge is 0.255 e. The Labute approximate surface area is 124 Å². The van der Waals surface area contributed by atoms with Crippen molar-refractivity contribution in [2.24, 2.45) is 0 Å². The molecule has 1 amide bonds. The summed E-state index contributed by atoms with van der Waals surface area (Å²) >= 11 is 6.03. The molecule has 0 aromatic heterocycles. The second kappa shape index (κ2) is 6.98. The number of nitrogens with two attached hydrogens (primary N) is 1. The lowest BCUT2D eigenvalue weighted by Gasteiger charge is -2.21. The van der Waals surface area contributed by atoms with Crippen molar-refractivity contribution in [2.45, 2.75) is 18.9 Å². The summed E-state index contributed by atoms with van der Waals surface area (Å²) in [5, 5.41) is 0.388. The summed E-state index contributed by atoms with van der Waals surface area (Å²) < 4.78 is 5.51. The van der Waals surface area contributed by atoms with E-state index in [1.165, 1.54) is 0 Å². The van der Waals surface area contributed by atoms with Crippen LogP contribution in [-0.4, -0.2) is 37.1 Å². The van der Waals surface area contributed by atoms with E-state index in [1.807, 2.05) is 0 Å². The van der Waals surface area contributed by atoms with Crippen molar-refractivity contribution in [3.63, 3.8) is 0 Å². The highest BCUT2D eigenvalue weighted by molar-refractivity contribution is 6.34. The van der Waals surface area contributed by atoms with Crippen molar-refractivity contribution in [2.75, 3.05) is 25.9 Å². The number of likely N-dealkylation sites (N-methyl/N-ethyl adjacent to an activating group) is 1. The first-order valence-corrected chi connectivity index (χ1v) is 6.38. The minimum atomic E-state index is -0.101. The third-order valence-electron chi connectivity index (χ3n) is 3.07. The van der Waals surface area contributed by atoms with Crippen LogP contribution in [0.1, 0.15) is 23.2 Å². The first-order valence-electron chi connectivity index (χ1n) is 6.00. The zero-order valence-electron chi connectivity index (χ0n) is 10.8. The number of ether oxygens (including phenoxy) is 1. The predicted molar refractivity (Wildman–Crippen MR) is 79.0 cm³/mol. The molecule has 0 saturated carbocycles. The van der Waals surface area contributed by atoms with E-state index in [4.69, 9.17) is 22.1 Å². The summed E-state index contributed by atoms with van der Waals surface area (Å²) in [7, 11) is 1.76. The number of hydrogen-bond donors (Lipinski definition) is 1. The van der Waals surface area contributed by atoms with Crippen LogP contribution >= 0.6 is 24.0 Å². The Morgan fingerprint density at radius 3 is 2.89 bits per heavy atom. The molecule has 0 spiro atoms. The topological polar surface area (TPSA) is 55.6 Å². The summed E-state index contributed by atoms with van der Waals surface area (Å²) in [6.07, 6.45) is 2.22. The Bertz CT molecular complexity index is 448. The van der Waals surface area contributed by atoms with Crippen molar-refractivity contribution in [3.05, 3.63) is 28.8 Å². The van der Waals surface area contributed by atoms with Crippen LogP contribution in [-0.2, 0) is 4.74 Å². The van der Waals surface area contributed by atoms with Crippen molar-refractivity contribution < 1.29 is 9.53 Å². The maximum Gasteiger partial charge on any atom is 0.255 e. The van der Waals surface area contributed by atoms with Gasteiger partial charge in [-0.1, -0.05) is 11.6 Å². The first kappa shape index (κ1) is 16.1. The van der Waals surface area contributed by atoms with Gasteiger partial charge in [0.1, 0.15) is 0 Å². The molecule has 1 saturated heterocycles. The van der Waals surface area contributed by atoms with Crippen molar-refractivity contribution in [1.29, 1.82) is 0 Å². The van der Waals surface area contributed by atoms with E-state index in [-0.39, 0.29) is 24.4 Å². The van der Waals surface area contributed by atoms with E-state index < -0.39 is 0 Å². The Morgan fingerprint density at radius 2 is 2.32 bits per heavy atom. The van der Waals surface area contributed by atoms with E-state index in [1.54, 1.807) is 30.1 Å². The highest BCUT2D eigenvalue weighted by Crippen LogP contribution is 2.21. The van der Waals surface area contributed by atoms with Crippen LogP contribution in [0.2, 0.25) is 5.02 Å². The number of carbonyl (C=O) groups is 1. The number of nitrogen functional groups attached to an aromatic ring is 1. The SMILES string of the molecule is CN(CC1CCCO1)C(=O)c1ccc(N)cc1Cl.Cl. The molecule has 1 heterocycles. The van der Waals surface area contributed by atoms with Gasteiger partial charge in [-0.15, -0.1) is 12.4 Å². The van der Waals surface area contributed by atoms with Gasteiger partial charge in [-0.25, -0.2) is 0 Å². The van der Waals surface area contributed by atoms with Crippen LogP contribution in [0.4, 0.5) is 5.69 Å². The maximum atomic E-state index is 12.2. The first-order chi connectivity index (χ1) is 8.58. The third kappa shape index (κ3) is 4.00. The van der Waals surface area contributed by atoms with Gasteiger partial charge in [0.05, 0.1) is 16.7 Å². The van der Waals surface area contributed by atoms with Crippen LogP contribution in [0.3, 0.4) is 0 Å². The molecule has 1 unspecified atom stereocenters. The fourth-order valence-corrected chi connectivity index (χ4v) is 2.36. The second-order valence-electron chi connectivity index (χ2n) is 4.56. The molecule has 2 N–H and O–H groups in total. The van der Waals surface area contributed by atoms with Crippen molar-refractivity contribution in [3.8, 4) is 0 Å². The molecule has 1 aliphatic heterocycles. The maximum absolute atomic E-state index is 12.2. The Morgan fingerprint density at radius 1 is 1.58 bits per heavy atom. The lowest BCUT2D eigenvalue weighted by molar-refractivity contribution is 0.0587. The minimum Gasteiger partial charge on any atom is -0.399 e. The fraction of sp³-hybridized carbons (Fsp3) is 0.462. The standard InChI is InChI=1S/C13H17ClN2O2.ClH/c1-16(8-10-3-2-6-18-10)13(17)11-5-4-9(15)7-12(11)14;/h4-5,7,10H,2-3,6,8,15H2,1H3;1H. The van der Waals surface area contributed by atoms with Gasteiger partial charge in [-0.05, 0) is 31.0 Å². The largest absolute Gasteiger partial charge is 0.399 e. The molecule has 2 rings (SSSR count). The number of halogens is 2. The normalized spacial score (nSPS) is 17.9. The minimum absolute atomic E-state index is 0. The van der Waals surface area contributed by atoms with Crippen LogP contribution in [0.5, 0.6) is 0 Å². The molecule has 0 radical (unpaired) electrons. The van der Waals surface area contributed by atoms with Crippen LogP contribution in [0.25, 0.3) is 0 Å². The van der Waals surface area contributed by atoms with E-state index >= 15 is 0 Å². The number of rotatable bonds is 3. The molecule has 1 fully saturated rings. The van der Waals surface area contributed by atoms with Crippen molar-refractivity contribution >= 4 is 35.6 Å². The summed E-state index contributed by atoms with van der Waals surface area (Å²) in [5.74, 6) is -0.101. The Kier molecular flexibility index (Phi) is 5.91. The van der Waals surface area contributed by atoms with Gasteiger partial charge >= 0.3 is 0 Å². The number of anilines is 1. The fourth-order valence-electron chi connectivity index (χ4n) is 2.09. The number of nitrogens with zero attached hydrogens (tertiary/aromatic N) is 1. The average molecular weight is 305 g/mol. The quantitative estimate of drug-likeness (QED) is 0.873. The number of hydrogen-bond acceptors (Lipinski definition) is 3. The van der Waals surface area contributed by atoms with Crippen LogP contribution in [0.15, 0.2) is 18.2 Å². The molecule has 0 aliphatic carbocycles. The van der Waals surface area contributed by atoms with E-state index in [0.29, 0.717) is 22.8 Å². The van der Waals surface area contributed by atoms with E-state index in [2.05, 4.69) is 0 Å². The molecule has 19 heavy (non-hydrogen) atoms. The molecular weight excluding hydrogens is 287 g/mol. The van der Waals surface area contributed by atoms with E-state index in [0.717, 1.165) is 19.4 Å². The zero-order valence-corrected chi connectivity index (χ0v) is 12.3. The third-order valence-corrected chi connectivity index (χ3v) is 3.38. The van der Waals surface area contributed by atoms with Crippen LogP contribution < -0.4 is 5.73 Å². The summed E-state index contributed by atoms with van der Waals surface area (Å²) in [5.41, 5.74) is 6.64. The van der Waals surface area contributed by atoms with Gasteiger partial charge in [0.15, 0.2) is 0 Å². The summed E-state index contributed by atoms with van der Waals surface area (Å²) in [6.45, 7) is 1.38. The number of amides is 1. The molecule has 106 valence electrons. The summed E-state index contributed by atoms with van der Waals surface area (Å²) in [6, 6.07) is 4.93. The lowest BCUT2D eigenvalue weighted by Crippen LogP contribution is -2.34. The lowest BCUT2D eigenvalue weighted by atomic mass is 10.1. The van der Waals surface area contributed by atoms with Gasteiger partial charge in [0, 0.05) is 25.9 Å². The average Bonchev–Trinajstić information content (AvgIpc) is 2.81. The zero-order chi connectivity index (χ0) is 13.1. The molecule has 0 bridgehead atoms. The molecular formula is C13H18Cl2N2O2.